The second-order valence-corrected chi connectivity index (χ2v) is 6.87. The molecule has 106 valence electrons. The highest BCUT2D eigenvalue weighted by molar-refractivity contribution is 7.99. The molecule has 0 saturated carbocycles. The third kappa shape index (κ3) is 4.83. The normalized spacial score (nSPS) is 20.1. The van der Waals surface area contributed by atoms with Gasteiger partial charge in [0.2, 0.25) is 0 Å². The number of hydrogen-bond donors (Lipinski definition) is 1. The summed E-state index contributed by atoms with van der Waals surface area (Å²) in [5, 5.41) is 10.4. The first-order chi connectivity index (χ1) is 9.19. The van der Waals surface area contributed by atoms with Crippen molar-refractivity contribution in [3.05, 3.63) is 28.2 Å². The summed E-state index contributed by atoms with van der Waals surface area (Å²) < 4.78 is 0. The predicted octanol–water partition coefficient (Wildman–Crippen LogP) is 3.79. The van der Waals surface area contributed by atoms with Crippen molar-refractivity contribution in [3.8, 4) is 0 Å². The maximum Gasteiger partial charge on any atom is 0.0542 e. The largest absolute Gasteiger partial charge is 0.396 e. The molecule has 0 amide bonds. The van der Waals surface area contributed by atoms with Gasteiger partial charge in [-0.05, 0) is 43.5 Å². The maximum atomic E-state index is 8.94. The number of nitrogens with zero attached hydrogens (tertiary/aromatic N) is 1. The molecule has 0 bridgehead atoms. The van der Waals surface area contributed by atoms with E-state index in [1.807, 2.05) is 18.2 Å². The molecule has 1 aromatic carbocycles. The van der Waals surface area contributed by atoms with Gasteiger partial charge in [0, 0.05) is 35.4 Å². The molecule has 1 saturated heterocycles. The molecular weight excluding hydrogens is 301 g/mol. The Labute approximate surface area is 129 Å². The topological polar surface area (TPSA) is 23.5 Å². The van der Waals surface area contributed by atoms with Crippen molar-refractivity contribution in [2.75, 3.05) is 32.0 Å². The molecule has 0 aliphatic carbocycles. The fourth-order valence-electron chi connectivity index (χ4n) is 2.41. The van der Waals surface area contributed by atoms with Gasteiger partial charge in [-0.15, -0.1) is 11.8 Å². The lowest BCUT2D eigenvalue weighted by Crippen LogP contribution is -2.23. The Hall–Kier alpha value is 0.0700. The van der Waals surface area contributed by atoms with E-state index in [1.54, 1.807) is 11.8 Å². The third-order valence-corrected chi connectivity index (χ3v) is 5.18. The summed E-state index contributed by atoms with van der Waals surface area (Å²) >= 11 is 13.9. The summed E-state index contributed by atoms with van der Waals surface area (Å²) in [4.78, 5) is 3.52. The molecule has 19 heavy (non-hydrogen) atoms. The van der Waals surface area contributed by atoms with E-state index in [1.165, 1.54) is 6.42 Å². The Kier molecular flexibility index (Phi) is 6.30. The summed E-state index contributed by atoms with van der Waals surface area (Å²) in [6, 6.07) is 5.58. The highest BCUT2D eigenvalue weighted by atomic mass is 35.5. The zero-order valence-corrected chi connectivity index (χ0v) is 13.1. The molecule has 1 aliphatic rings. The van der Waals surface area contributed by atoms with Crippen LogP contribution in [0.2, 0.25) is 10.0 Å². The lowest BCUT2D eigenvalue weighted by atomic mass is 10.1. The number of likely N-dealkylation sites (tertiary alicyclic amines) is 1. The van der Waals surface area contributed by atoms with Crippen molar-refractivity contribution in [2.45, 2.75) is 17.7 Å². The molecule has 2 rings (SSSR count). The Morgan fingerprint density at radius 1 is 1.37 bits per heavy atom. The van der Waals surface area contributed by atoms with Crippen molar-refractivity contribution in [1.29, 1.82) is 0 Å². The Morgan fingerprint density at radius 2 is 2.21 bits per heavy atom. The first-order valence-electron chi connectivity index (χ1n) is 6.60. The van der Waals surface area contributed by atoms with Crippen molar-refractivity contribution in [3.63, 3.8) is 0 Å². The average molecular weight is 320 g/mol. The highest BCUT2D eigenvalue weighted by Crippen LogP contribution is 2.30. The van der Waals surface area contributed by atoms with Gasteiger partial charge in [-0.3, -0.25) is 0 Å². The predicted molar refractivity (Wildman–Crippen MR) is 83.4 cm³/mol. The fourth-order valence-corrected chi connectivity index (χ4v) is 3.91. The van der Waals surface area contributed by atoms with Gasteiger partial charge in [0.25, 0.3) is 0 Å². The van der Waals surface area contributed by atoms with Crippen LogP contribution < -0.4 is 0 Å². The Balaban J connectivity index is 1.73. The van der Waals surface area contributed by atoms with Crippen molar-refractivity contribution in [1.82, 2.24) is 4.90 Å². The molecule has 1 N–H and O–H groups in total. The van der Waals surface area contributed by atoms with Crippen molar-refractivity contribution >= 4 is 35.0 Å². The van der Waals surface area contributed by atoms with Gasteiger partial charge in [0.1, 0.15) is 0 Å². The minimum absolute atomic E-state index is 0.311. The molecule has 1 aromatic rings. The van der Waals surface area contributed by atoms with E-state index in [4.69, 9.17) is 28.3 Å². The van der Waals surface area contributed by atoms with E-state index < -0.39 is 0 Å². The lowest BCUT2D eigenvalue weighted by molar-refractivity contribution is 0.253. The van der Waals surface area contributed by atoms with Crippen molar-refractivity contribution in [2.24, 2.45) is 5.92 Å². The fraction of sp³-hybridized carbons (Fsp3) is 0.571. The second-order valence-electron chi connectivity index (χ2n) is 4.89. The number of benzene rings is 1. The lowest BCUT2D eigenvalue weighted by Gasteiger charge is -2.15. The average Bonchev–Trinajstić information content (AvgIpc) is 2.82. The third-order valence-electron chi connectivity index (χ3n) is 3.47. The molecule has 0 spiro atoms. The number of aliphatic hydroxyl groups is 1. The minimum atomic E-state index is 0.311. The zero-order valence-electron chi connectivity index (χ0n) is 10.8. The smallest absolute Gasteiger partial charge is 0.0542 e. The molecule has 0 radical (unpaired) electrons. The molecule has 0 aromatic heterocycles. The van der Waals surface area contributed by atoms with Gasteiger partial charge >= 0.3 is 0 Å². The van der Waals surface area contributed by atoms with Crippen LogP contribution >= 0.6 is 35.0 Å². The maximum absolute atomic E-state index is 8.94. The van der Waals surface area contributed by atoms with Crippen LogP contribution in [0, 0.1) is 5.92 Å². The van der Waals surface area contributed by atoms with Crippen LogP contribution in [0.1, 0.15) is 12.8 Å². The second kappa shape index (κ2) is 7.75. The van der Waals surface area contributed by atoms with Crippen LogP contribution in [0.3, 0.4) is 0 Å². The van der Waals surface area contributed by atoms with Crippen LogP contribution in [-0.4, -0.2) is 42.0 Å². The monoisotopic (exact) mass is 319 g/mol. The summed E-state index contributed by atoms with van der Waals surface area (Å²) in [5.74, 6) is 1.69. The SMILES string of the molecule is OCCC1CCN(CCSc2cc(Cl)ccc2Cl)C1. The van der Waals surface area contributed by atoms with E-state index in [-0.39, 0.29) is 0 Å². The number of halogens is 2. The van der Waals surface area contributed by atoms with Crippen LogP contribution in [0.15, 0.2) is 23.1 Å². The Morgan fingerprint density at radius 3 is 3.00 bits per heavy atom. The van der Waals surface area contributed by atoms with Gasteiger partial charge < -0.3 is 10.0 Å². The Bertz CT molecular complexity index is 416. The highest BCUT2D eigenvalue weighted by Gasteiger charge is 2.21. The standard InChI is InChI=1S/C14H19Cl2NOS/c15-12-1-2-13(16)14(9-12)19-8-6-17-5-3-11(10-17)4-7-18/h1-2,9,11,18H,3-8,10H2. The van der Waals surface area contributed by atoms with Crippen LogP contribution in [0.25, 0.3) is 0 Å². The zero-order chi connectivity index (χ0) is 13.7. The van der Waals surface area contributed by atoms with Crippen LogP contribution in [0.4, 0.5) is 0 Å². The number of aliphatic hydroxyl groups excluding tert-OH is 1. The van der Waals surface area contributed by atoms with Gasteiger partial charge in [-0.25, -0.2) is 0 Å². The number of thioether (sulfide) groups is 1. The van der Waals surface area contributed by atoms with E-state index in [2.05, 4.69) is 4.90 Å². The summed E-state index contributed by atoms with van der Waals surface area (Å²) in [6.07, 6.45) is 2.15. The summed E-state index contributed by atoms with van der Waals surface area (Å²) in [7, 11) is 0. The van der Waals surface area contributed by atoms with E-state index in [0.29, 0.717) is 12.5 Å². The molecule has 1 atom stereocenters. The molecule has 1 heterocycles. The first kappa shape index (κ1) is 15.5. The first-order valence-corrected chi connectivity index (χ1v) is 8.34. The van der Waals surface area contributed by atoms with E-state index in [9.17, 15) is 0 Å². The van der Waals surface area contributed by atoms with Crippen LogP contribution in [-0.2, 0) is 0 Å². The molecule has 2 nitrogen and oxygen atoms in total. The van der Waals surface area contributed by atoms with E-state index in [0.717, 1.165) is 46.7 Å². The van der Waals surface area contributed by atoms with Crippen LogP contribution in [0.5, 0.6) is 0 Å². The van der Waals surface area contributed by atoms with Gasteiger partial charge in [0.05, 0.1) is 5.02 Å². The molecule has 1 aliphatic heterocycles. The van der Waals surface area contributed by atoms with Gasteiger partial charge in [0.15, 0.2) is 0 Å². The minimum Gasteiger partial charge on any atom is -0.396 e. The molecule has 1 unspecified atom stereocenters. The molecular formula is C14H19Cl2NOS. The number of rotatable bonds is 6. The van der Waals surface area contributed by atoms with E-state index >= 15 is 0 Å². The number of hydrogen-bond acceptors (Lipinski definition) is 3. The summed E-state index contributed by atoms with van der Waals surface area (Å²) in [6.45, 7) is 3.64. The van der Waals surface area contributed by atoms with Gasteiger partial charge in [-0.2, -0.15) is 0 Å². The summed E-state index contributed by atoms with van der Waals surface area (Å²) in [5.41, 5.74) is 0. The van der Waals surface area contributed by atoms with Gasteiger partial charge in [-0.1, -0.05) is 23.2 Å². The molecule has 1 fully saturated rings. The molecule has 5 heteroatoms. The van der Waals surface area contributed by atoms with Crippen molar-refractivity contribution < 1.29 is 5.11 Å². The quantitative estimate of drug-likeness (QED) is 0.807.